The van der Waals surface area contributed by atoms with Crippen LogP contribution in [0.1, 0.15) is 30.0 Å². The fourth-order valence-electron chi connectivity index (χ4n) is 3.29. The van der Waals surface area contributed by atoms with E-state index < -0.39 is 0 Å². The van der Waals surface area contributed by atoms with Gasteiger partial charge in [0.1, 0.15) is 6.04 Å². The molecule has 2 unspecified atom stereocenters. The van der Waals surface area contributed by atoms with Crippen molar-refractivity contribution < 1.29 is 4.79 Å². The van der Waals surface area contributed by atoms with Gasteiger partial charge in [-0.15, -0.1) is 0 Å². The first-order valence-electron chi connectivity index (χ1n) is 9.28. The predicted molar refractivity (Wildman–Crippen MR) is 104 cm³/mol. The number of carbonyl (C=O) groups excluding carboxylic acids is 1. The molecule has 0 radical (unpaired) electrons. The van der Waals surface area contributed by atoms with Crippen LogP contribution in [0.15, 0.2) is 60.7 Å². The van der Waals surface area contributed by atoms with Gasteiger partial charge in [-0.05, 0) is 37.6 Å². The van der Waals surface area contributed by atoms with E-state index in [0.717, 1.165) is 25.9 Å². The largest absolute Gasteiger partial charge is 0.355 e. The molecule has 1 saturated heterocycles. The Balaban J connectivity index is 1.33. The molecule has 0 bridgehead atoms. The highest BCUT2D eigenvalue weighted by atomic mass is 16.2. The number of rotatable bonds is 8. The van der Waals surface area contributed by atoms with Crippen molar-refractivity contribution >= 4 is 5.91 Å². The molecule has 3 N–H and O–H groups in total. The lowest BCUT2D eigenvalue weighted by molar-refractivity contribution is -0.122. The zero-order chi connectivity index (χ0) is 18.2. The van der Waals surface area contributed by atoms with E-state index in [1.165, 1.54) is 11.1 Å². The Bertz CT molecular complexity index is 677. The second-order valence-corrected chi connectivity index (χ2v) is 6.91. The van der Waals surface area contributed by atoms with Crippen LogP contribution in [0.4, 0.5) is 0 Å². The first-order chi connectivity index (χ1) is 12.7. The number of benzene rings is 2. The van der Waals surface area contributed by atoms with E-state index in [-0.39, 0.29) is 18.0 Å². The van der Waals surface area contributed by atoms with Crippen LogP contribution in [0.25, 0.3) is 0 Å². The minimum Gasteiger partial charge on any atom is -0.355 e. The Morgan fingerprint density at radius 2 is 1.77 bits per heavy atom. The zero-order valence-corrected chi connectivity index (χ0v) is 15.3. The summed E-state index contributed by atoms with van der Waals surface area (Å²) in [4.78, 5) is 14.6. The quantitative estimate of drug-likeness (QED) is 0.638. The summed E-state index contributed by atoms with van der Waals surface area (Å²) in [6.45, 7) is 2.59. The summed E-state index contributed by atoms with van der Waals surface area (Å²) in [5, 5.41) is 3.05. The van der Waals surface area contributed by atoms with Gasteiger partial charge in [0.2, 0.25) is 5.91 Å². The van der Waals surface area contributed by atoms with Crippen LogP contribution in [0.2, 0.25) is 0 Å². The molecular weight excluding hydrogens is 324 g/mol. The summed E-state index contributed by atoms with van der Waals surface area (Å²) >= 11 is 0. The van der Waals surface area contributed by atoms with Crippen LogP contribution >= 0.6 is 0 Å². The number of hydrogen-bond acceptors (Lipinski definition) is 4. The molecule has 1 amide bonds. The van der Waals surface area contributed by atoms with Crippen molar-refractivity contribution in [3.05, 3.63) is 71.8 Å². The van der Waals surface area contributed by atoms with Gasteiger partial charge in [0.15, 0.2) is 0 Å². The maximum atomic E-state index is 12.3. The molecular formula is C21H28N4O. The molecule has 0 spiro atoms. The van der Waals surface area contributed by atoms with Crippen LogP contribution < -0.4 is 16.2 Å². The van der Waals surface area contributed by atoms with Gasteiger partial charge in [-0.2, -0.15) is 0 Å². The summed E-state index contributed by atoms with van der Waals surface area (Å²) in [6, 6.07) is 20.7. The minimum atomic E-state index is -0.178. The molecule has 5 nitrogen and oxygen atoms in total. The monoisotopic (exact) mass is 352 g/mol. The van der Waals surface area contributed by atoms with Crippen molar-refractivity contribution in [1.29, 1.82) is 0 Å². The number of hydrogen-bond donors (Lipinski definition) is 3. The highest BCUT2D eigenvalue weighted by Crippen LogP contribution is 2.21. The molecule has 5 heteroatoms. The van der Waals surface area contributed by atoms with Crippen molar-refractivity contribution in [2.75, 3.05) is 20.1 Å². The van der Waals surface area contributed by atoms with E-state index in [9.17, 15) is 4.79 Å². The van der Waals surface area contributed by atoms with Crippen molar-refractivity contribution in [3.8, 4) is 0 Å². The Labute approximate surface area is 155 Å². The van der Waals surface area contributed by atoms with E-state index in [1.807, 2.05) is 24.3 Å². The number of hydrazine groups is 1. The lowest BCUT2D eigenvalue weighted by Crippen LogP contribution is -2.43. The Morgan fingerprint density at radius 1 is 1.08 bits per heavy atom. The maximum absolute atomic E-state index is 12.3. The second kappa shape index (κ2) is 9.48. The summed E-state index contributed by atoms with van der Waals surface area (Å²) in [6.07, 6.45) is 1.71. The van der Waals surface area contributed by atoms with E-state index in [1.54, 1.807) is 0 Å². The van der Waals surface area contributed by atoms with Crippen LogP contribution in [0.5, 0.6) is 0 Å². The number of carbonyl (C=O) groups is 1. The molecule has 0 saturated carbocycles. The normalized spacial score (nSPS) is 19.6. The third-order valence-corrected chi connectivity index (χ3v) is 4.73. The van der Waals surface area contributed by atoms with Crippen molar-refractivity contribution in [2.24, 2.45) is 0 Å². The first-order valence-corrected chi connectivity index (χ1v) is 9.28. The molecule has 0 aliphatic carbocycles. The van der Waals surface area contributed by atoms with Gasteiger partial charge in [-0.3, -0.25) is 4.79 Å². The van der Waals surface area contributed by atoms with Crippen LogP contribution in [0.3, 0.4) is 0 Å². The Kier molecular flexibility index (Phi) is 6.77. The topological polar surface area (TPSA) is 56.4 Å². The first kappa shape index (κ1) is 18.6. The second-order valence-electron chi connectivity index (χ2n) is 6.91. The van der Waals surface area contributed by atoms with Crippen LogP contribution in [-0.2, 0) is 11.3 Å². The van der Waals surface area contributed by atoms with E-state index in [0.29, 0.717) is 6.54 Å². The van der Waals surface area contributed by atoms with Gasteiger partial charge >= 0.3 is 0 Å². The molecule has 2 aromatic carbocycles. The standard InChI is InChI=1S/C21H28N4O/c1-25(16-17-9-4-2-5-10-17)14-8-13-22-21(26)20-15-19(23-24-20)18-11-6-3-7-12-18/h2-7,9-12,19-20,23-24H,8,13-16H2,1H3,(H,22,26). The highest BCUT2D eigenvalue weighted by molar-refractivity contribution is 5.82. The number of amides is 1. The van der Waals surface area contributed by atoms with Crippen molar-refractivity contribution in [3.63, 3.8) is 0 Å². The van der Waals surface area contributed by atoms with Gasteiger partial charge in [0.05, 0.1) is 0 Å². The third kappa shape index (κ3) is 5.39. The maximum Gasteiger partial charge on any atom is 0.238 e. The van der Waals surface area contributed by atoms with Gasteiger partial charge in [-0.25, -0.2) is 10.9 Å². The average Bonchev–Trinajstić information content (AvgIpc) is 3.17. The fraction of sp³-hybridized carbons (Fsp3) is 0.381. The molecule has 138 valence electrons. The van der Waals surface area contributed by atoms with Gasteiger partial charge < -0.3 is 10.2 Å². The van der Waals surface area contributed by atoms with Gasteiger partial charge in [-0.1, -0.05) is 60.7 Å². The van der Waals surface area contributed by atoms with Crippen molar-refractivity contribution in [2.45, 2.75) is 31.5 Å². The molecule has 3 rings (SSSR count). The number of nitrogens with zero attached hydrogens (tertiary/aromatic N) is 1. The van der Waals surface area contributed by atoms with E-state index >= 15 is 0 Å². The highest BCUT2D eigenvalue weighted by Gasteiger charge is 2.29. The summed E-state index contributed by atoms with van der Waals surface area (Å²) < 4.78 is 0. The minimum absolute atomic E-state index is 0.0710. The van der Waals surface area contributed by atoms with Gasteiger partial charge in [0, 0.05) is 19.1 Å². The number of nitrogens with one attached hydrogen (secondary N) is 3. The fourth-order valence-corrected chi connectivity index (χ4v) is 3.29. The zero-order valence-electron chi connectivity index (χ0n) is 15.3. The Hall–Kier alpha value is -2.21. The summed E-state index contributed by atoms with van der Waals surface area (Å²) in [5.74, 6) is 0.0710. The van der Waals surface area contributed by atoms with Crippen LogP contribution in [-0.4, -0.2) is 37.0 Å². The van der Waals surface area contributed by atoms with Crippen LogP contribution in [0, 0.1) is 0 Å². The predicted octanol–water partition coefficient (Wildman–Crippen LogP) is 2.23. The molecule has 1 aliphatic rings. The molecule has 26 heavy (non-hydrogen) atoms. The summed E-state index contributed by atoms with van der Waals surface area (Å²) in [5.41, 5.74) is 8.85. The Morgan fingerprint density at radius 3 is 2.50 bits per heavy atom. The third-order valence-electron chi connectivity index (χ3n) is 4.73. The summed E-state index contributed by atoms with van der Waals surface area (Å²) in [7, 11) is 2.11. The lowest BCUT2D eigenvalue weighted by Gasteiger charge is -2.17. The molecule has 1 aliphatic heterocycles. The lowest BCUT2D eigenvalue weighted by atomic mass is 10.0. The molecule has 0 aromatic heterocycles. The molecule has 1 heterocycles. The molecule has 1 fully saturated rings. The SMILES string of the molecule is CN(CCCNC(=O)C1CC(c2ccccc2)NN1)Cc1ccccc1. The molecule has 2 atom stereocenters. The smallest absolute Gasteiger partial charge is 0.238 e. The van der Waals surface area contributed by atoms with Gasteiger partial charge in [0.25, 0.3) is 0 Å². The van der Waals surface area contributed by atoms with E-state index in [4.69, 9.17) is 0 Å². The molecule has 2 aromatic rings. The van der Waals surface area contributed by atoms with E-state index in [2.05, 4.69) is 64.5 Å². The van der Waals surface area contributed by atoms with Crippen molar-refractivity contribution in [1.82, 2.24) is 21.1 Å². The average molecular weight is 352 g/mol.